The van der Waals surface area contributed by atoms with Crippen LogP contribution in [-0.4, -0.2) is 4.92 Å². The van der Waals surface area contributed by atoms with E-state index in [1.54, 1.807) is 18.2 Å². The summed E-state index contributed by atoms with van der Waals surface area (Å²) in [5, 5.41) is 10.8. The minimum atomic E-state index is -0.577. The van der Waals surface area contributed by atoms with Crippen molar-refractivity contribution in [2.45, 2.75) is 5.88 Å². The summed E-state index contributed by atoms with van der Waals surface area (Å²) in [6.45, 7) is 0. The maximum absolute atomic E-state index is 10.7. The van der Waals surface area contributed by atoms with Crippen molar-refractivity contribution in [2.75, 3.05) is 0 Å². The van der Waals surface area contributed by atoms with Gasteiger partial charge in [0.05, 0.1) is 19.4 Å². The van der Waals surface area contributed by atoms with Crippen LogP contribution in [0.2, 0.25) is 10.0 Å². The van der Waals surface area contributed by atoms with Gasteiger partial charge in [0.2, 0.25) is 0 Å². The summed E-state index contributed by atoms with van der Waals surface area (Å²) in [7, 11) is 0. The molecule has 0 N–H and O–H groups in total. The molecule has 8 heteroatoms. The van der Waals surface area contributed by atoms with Crippen LogP contribution < -0.4 is 4.74 Å². The van der Waals surface area contributed by atoms with Gasteiger partial charge in [-0.15, -0.1) is 11.6 Å². The van der Waals surface area contributed by atoms with Crippen molar-refractivity contribution in [3.63, 3.8) is 0 Å². The van der Waals surface area contributed by atoms with Crippen LogP contribution in [-0.2, 0) is 5.88 Å². The second-order valence-electron chi connectivity index (χ2n) is 4.00. The molecule has 0 spiro atoms. The number of nitro benzene ring substituents is 1. The van der Waals surface area contributed by atoms with Crippen LogP contribution in [0.1, 0.15) is 5.56 Å². The normalized spacial score (nSPS) is 10.5. The zero-order valence-electron chi connectivity index (χ0n) is 10.3. The first-order valence-electron chi connectivity index (χ1n) is 5.58. The Morgan fingerprint density at radius 2 is 1.81 bits per heavy atom. The van der Waals surface area contributed by atoms with Gasteiger partial charge in [0.1, 0.15) is 5.75 Å². The molecule has 21 heavy (non-hydrogen) atoms. The maximum Gasteiger partial charge on any atom is 0.272 e. The van der Waals surface area contributed by atoms with Gasteiger partial charge in [-0.3, -0.25) is 10.1 Å². The fourth-order valence-corrected chi connectivity index (χ4v) is 2.80. The fourth-order valence-electron chi connectivity index (χ4n) is 1.57. The van der Waals surface area contributed by atoms with E-state index in [0.29, 0.717) is 16.1 Å². The molecule has 2 rings (SSSR count). The lowest BCUT2D eigenvalue weighted by Crippen LogP contribution is -1.92. The van der Waals surface area contributed by atoms with Crippen molar-refractivity contribution < 1.29 is 9.66 Å². The van der Waals surface area contributed by atoms with Crippen molar-refractivity contribution in [1.29, 1.82) is 0 Å². The molecule has 0 aliphatic rings. The summed E-state index contributed by atoms with van der Waals surface area (Å²) in [5.74, 6) is 1.00. The molecule has 4 nitrogen and oxygen atoms in total. The van der Waals surface area contributed by atoms with E-state index < -0.39 is 4.92 Å². The van der Waals surface area contributed by atoms with Crippen LogP contribution in [0.5, 0.6) is 11.5 Å². The molecule has 0 aliphatic heterocycles. The minimum absolute atomic E-state index is 0.0579. The Morgan fingerprint density at radius 1 is 1.19 bits per heavy atom. The summed E-state index contributed by atoms with van der Waals surface area (Å²) >= 11 is 21.1. The van der Waals surface area contributed by atoms with E-state index in [1.807, 2.05) is 0 Å². The highest BCUT2D eigenvalue weighted by Gasteiger charge is 2.17. The van der Waals surface area contributed by atoms with E-state index in [-0.39, 0.29) is 21.5 Å². The molecule has 0 bridgehead atoms. The van der Waals surface area contributed by atoms with Crippen LogP contribution in [0.4, 0.5) is 5.69 Å². The molecule has 0 amide bonds. The lowest BCUT2D eigenvalue weighted by molar-refractivity contribution is -0.384. The van der Waals surface area contributed by atoms with Crippen LogP contribution in [0.25, 0.3) is 0 Å². The van der Waals surface area contributed by atoms with Gasteiger partial charge in [-0.2, -0.15) is 0 Å². The number of ether oxygens (including phenoxy) is 1. The maximum atomic E-state index is 10.7. The molecule has 0 heterocycles. The third kappa shape index (κ3) is 3.80. The summed E-state index contributed by atoms with van der Waals surface area (Å²) in [5.41, 5.74) is 0.714. The van der Waals surface area contributed by atoms with Crippen LogP contribution in [0, 0.1) is 10.1 Å². The third-order valence-electron chi connectivity index (χ3n) is 2.56. The van der Waals surface area contributed by atoms with Gasteiger partial charge in [0, 0.05) is 18.0 Å². The summed E-state index contributed by atoms with van der Waals surface area (Å²) in [6, 6.07) is 7.67. The van der Waals surface area contributed by atoms with E-state index in [1.165, 1.54) is 12.1 Å². The molecular formula is C13H7BrCl3NO3. The van der Waals surface area contributed by atoms with Crippen LogP contribution in [0.3, 0.4) is 0 Å². The van der Waals surface area contributed by atoms with Gasteiger partial charge in [0.25, 0.3) is 5.69 Å². The fraction of sp³-hybridized carbons (Fsp3) is 0.0769. The number of nitrogens with zero attached hydrogens (tertiary/aromatic N) is 1. The molecule has 0 saturated heterocycles. The topological polar surface area (TPSA) is 52.4 Å². The van der Waals surface area contributed by atoms with Crippen molar-refractivity contribution in [3.05, 3.63) is 60.5 Å². The van der Waals surface area contributed by atoms with E-state index in [9.17, 15) is 10.1 Å². The van der Waals surface area contributed by atoms with Crippen LogP contribution in [0.15, 0.2) is 34.8 Å². The third-order valence-corrected chi connectivity index (χ3v) is 4.05. The Bertz CT molecular complexity index is 686. The highest BCUT2D eigenvalue weighted by Crippen LogP contribution is 2.41. The first-order chi connectivity index (χ1) is 9.92. The molecule has 0 saturated carbocycles. The SMILES string of the molecule is O=[N+]([O-])c1cc(Cl)c(Oc2ccc(CCl)cc2Br)c(Cl)c1. The lowest BCUT2D eigenvalue weighted by atomic mass is 10.2. The number of hydrogen-bond donors (Lipinski definition) is 0. The number of hydrogen-bond acceptors (Lipinski definition) is 3. The predicted octanol–water partition coefficient (Wildman–Crippen LogP) is 6.20. The lowest BCUT2D eigenvalue weighted by Gasteiger charge is -2.11. The number of halogens is 4. The zero-order chi connectivity index (χ0) is 15.6. The highest BCUT2D eigenvalue weighted by molar-refractivity contribution is 9.10. The van der Waals surface area contributed by atoms with Gasteiger partial charge in [-0.25, -0.2) is 0 Å². The molecule has 0 atom stereocenters. The predicted molar refractivity (Wildman–Crippen MR) is 86.9 cm³/mol. The van der Waals surface area contributed by atoms with Gasteiger partial charge in [0.15, 0.2) is 5.75 Å². The average Bonchev–Trinajstić information content (AvgIpc) is 2.43. The molecule has 0 aliphatic carbocycles. The molecular weight excluding hydrogens is 404 g/mol. The van der Waals surface area contributed by atoms with E-state index in [0.717, 1.165) is 5.56 Å². The number of non-ortho nitro benzene ring substituents is 1. The highest BCUT2D eigenvalue weighted by atomic mass is 79.9. The van der Waals surface area contributed by atoms with Gasteiger partial charge >= 0.3 is 0 Å². The van der Waals surface area contributed by atoms with Crippen molar-refractivity contribution >= 4 is 56.4 Å². The van der Waals surface area contributed by atoms with Crippen LogP contribution >= 0.6 is 50.7 Å². The number of benzene rings is 2. The number of alkyl halides is 1. The van der Waals surface area contributed by atoms with E-state index in [2.05, 4.69) is 15.9 Å². The molecule has 2 aromatic rings. The van der Waals surface area contributed by atoms with Gasteiger partial charge in [-0.05, 0) is 33.6 Å². The zero-order valence-corrected chi connectivity index (χ0v) is 14.1. The first-order valence-corrected chi connectivity index (χ1v) is 7.66. The molecule has 0 fully saturated rings. The Labute approximate surface area is 143 Å². The smallest absolute Gasteiger partial charge is 0.272 e. The summed E-state index contributed by atoms with van der Waals surface area (Å²) in [4.78, 5) is 10.2. The standard InChI is InChI=1S/C13H7BrCl3NO3/c14-9-3-7(6-15)1-2-12(9)21-13-10(16)4-8(18(19)20)5-11(13)17/h1-5H,6H2. The van der Waals surface area contributed by atoms with Crippen molar-refractivity contribution in [1.82, 2.24) is 0 Å². The molecule has 2 aromatic carbocycles. The van der Waals surface area contributed by atoms with E-state index in [4.69, 9.17) is 39.5 Å². The molecule has 110 valence electrons. The minimum Gasteiger partial charge on any atom is -0.453 e. The molecule has 0 aromatic heterocycles. The van der Waals surface area contributed by atoms with Crippen molar-refractivity contribution in [3.8, 4) is 11.5 Å². The first kappa shape index (κ1) is 16.4. The summed E-state index contributed by atoms with van der Waals surface area (Å²) < 4.78 is 6.30. The average molecular weight is 411 g/mol. The Kier molecular flexibility index (Phi) is 5.32. The summed E-state index contributed by atoms with van der Waals surface area (Å²) in [6.07, 6.45) is 0. The number of rotatable bonds is 4. The van der Waals surface area contributed by atoms with E-state index >= 15 is 0 Å². The Morgan fingerprint density at radius 3 is 2.29 bits per heavy atom. The monoisotopic (exact) mass is 409 g/mol. The molecule has 0 unspecified atom stereocenters. The second kappa shape index (κ2) is 6.83. The Hall–Kier alpha value is -1.01. The molecule has 0 radical (unpaired) electrons. The van der Waals surface area contributed by atoms with Gasteiger partial charge in [-0.1, -0.05) is 29.3 Å². The quantitative estimate of drug-likeness (QED) is 0.342. The second-order valence-corrected chi connectivity index (χ2v) is 5.93. The largest absolute Gasteiger partial charge is 0.453 e. The van der Waals surface area contributed by atoms with Gasteiger partial charge < -0.3 is 4.74 Å². The Balaban J connectivity index is 2.38. The number of nitro groups is 1. The van der Waals surface area contributed by atoms with Crippen molar-refractivity contribution in [2.24, 2.45) is 0 Å².